The third-order valence-electron chi connectivity index (χ3n) is 4.70. The van der Waals surface area contributed by atoms with Gasteiger partial charge in [0, 0.05) is 19.2 Å². The molecule has 1 aliphatic heterocycles. The lowest BCUT2D eigenvalue weighted by molar-refractivity contribution is -0.140. The van der Waals surface area contributed by atoms with Crippen molar-refractivity contribution < 1.29 is 28.6 Å². The van der Waals surface area contributed by atoms with E-state index < -0.39 is 23.5 Å². The van der Waals surface area contributed by atoms with E-state index in [9.17, 15) is 19.1 Å². The van der Waals surface area contributed by atoms with Gasteiger partial charge in [0.15, 0.2) is 0 Å². The largest absolute Gasteiger partial charge is 0.507 e. The van der Waals surface area contributed by atoms with Crippen molar-refractivity contribution in [3.8, 4) is 5.75 Å². The first-order chi connectivity index (χ1) is 14.0. The molecule has 1 saturated heterocycles. The molecule has 29 heavy (non-hydrogen) atoms. The van der Waals surface area contributed by atoms with Crippen molar-refractivity contribution in [3.05, 3.63) is 71.0 Å². The molecule has 0 spiro atoms. The molecule has 1 amide bonds. The van der Waals surface area contributed by atoms with E-state index in [0.29, 0.717) is 23.5 Å². The maximum Gasteiger partial charge on any atom is 0.295 e. The van der Waals surface area contributed by atoms with Gasteiger partial charge in [-0.2, -0.15) is 0 Å². The third-order valence-corrected chi connectivity index (χ3v) is 4.70. The molecule has 1 N–H and O–H groups in total. The molecule has 7 heteroatoms. The summed E-state index contributed by atoms with van der Waals surface area (Å²) in [7, 11) is 1.49. The Kier molecular flexibility index (Phi) is 6.29. The van der Waals surface area contributed by atoms with Crippen LogP contribution in [0.25, 0.3) is 5.76 Å². The van der Waals surface area contributed by atoms with E-state index in [1.807, 2.05) is 6.92 Å². The molecule has 0 aliphatic carbocycles. The maximum atomic E-state index is 13.4. The number of hydrogen-bond donors (Lipinski definition) is 1. The Morgan fingerprint density at radius 2 is 1.76 bits per heavy atom. The van der Waals surface area contributed by atoms with Crippen LogP contribution >= 0.6 is 0 Å². The monoisotopic (exact) mass is 399 g/mol. The molecular weight excluding hydrogens is 377 g/mol. The molecule has 0 aromatic heterocycles. The first-order valence-corrected chi connectivity index (χ1v) is 9.24. The normalized spacial score (nSPS) is 18.3. The Labute approximate surface area is 168 Å². The Morgan fingerprint density at radius 1 is 1.10 bits per heavy atom. The molecule has 1 fully saturated rings. The second-order valence-electron chi connectivity index (χ2n) is 6.49. The molecule has 1 atom stereocenters. The second kappa shape index (κ2) is 8.87. The standard InChI is InChI=1S/C22H22FNO5/c1-3-29-17-10-6-15(7-11-17)20(25)18-19(14-4-8-16(23)9-5-14)24(12-13-28-2)22(27)21(18)26/h4-11,19,25H,3,12-13H2,1-2H3/b20-18-. The van der Waals surface area contributed by atoms with Gasteiger partial charge >= 0.3 is 0 Å². The summed E-state index contributed by atoms with van der Waals surface area (Å²) < 4.78 is 23.8. The highest BCUT2D eigenvalue weighted by atomic mass is 19.1. The van der Waals surface area contributed by atoms with Gasteiger partial charge in [0.05, 0.1) is 24.8 Å². The van der Waals surface area contributed by atoms with Crippen LogP contribution in [0.15, 0.2) is 54.1 Å². The van der Waals surface area contributed by atoms with E-state index in [-0.39, 0.29) is 24.5 Å². The van der Waals surface area contributed by atoms with Gasteiger partial charge in [0.1, 0.15) is 17.3 Å². The molecule has 1 unspecified atom stereocenters. The summed E-state index contributed by atoms with van der Waals surface area (Å²) >= 11 is 0. The number of Topliss-reactive ketones (excluding diaryl/α,β-unsaturated/α-hetero) is 1. The van der Waals surface area contributed by atoms with Gasteiger partial charge < -0.3 is 19.5 Å². The van der Waals surface area contributed by atoms with Gasteiger partial charge in [-0.3, -0.25) is 9.59 Å². The van der Waals surface area contributed by atoms with Gasteiger partial charge in [-0.1, -0.05) is 12.1 Å². The van der Waals surface area contributed by atoms with Crippen molar-refractivity contribution in [2.24, 2.45) is 0 Å². The highest BCUT2D eigenvalue weighted by molar-refractivity contribution is 6.46. The van der Waals surface area contributed by atoms with Crippen LogP contribution in [0.5, 0.6) is 5.75 Å². The molecule has 2 aromatic rings. The minimum atomic E-state index is -0.836. The minimum Gasteiger partial charge on any atom is -0.507 e. The molecule has 6 nitrogen and oxygen atoms in total. The molecule has 1 aliphatic rings. The molecular formula is C22H22FNO5. The summed E-state index contributed by atoms with van der Waals surface area (Å²) in [5.74, 6) is -1.62. The predicted octanol–water partition coefficient (Wildman–Crippen LogP) is 3.29. The number of carbonyl (C=O) groups is 2. The number of benzene rings is 2. The van der Waals surface area contributed by atoms with Crippen molar-refractivity contribution in [1.82, 2.24) is 4.90 Å². The number of carbonyl (C=O) groups excluding carboxylic acids is 2. The summed E-state index contributed by atoms with van der Waals surface area (Å²) in [5.41, 5.74) is 0.862. The second-order valence-corrected chi connectivity index (χ2v) is 6.49. The zero-order valence-corrected chi connectivity index (χ0v) is 16.2. The SMILES string of the molecule is CCOc1ccc(/C(O)=C2/C(=O)C(=O)N(CCOC)C2c2ccc(F)cc2)cc1. The fourth-order valence-electron chi connectivity index (χ4n) is 3.32. The summed E-state index contributed by atoms with van der Waals surface area (Å²) in [6.45, 7) is 2.73. The fourth-order valence-corrected chi connectivity index (χ4v) is 3.32. The van der Waals surface area contributed by atoms with E-state index in [1.165, 1.54) is 36.3 Å². The van der Waals surface area contributed by atoms with Crippen LogP contribution in [0.1, 0.15) is 24.1 Å². The lowest BCUT2D eigenvalue weighted by atomic mass is 9.95. The zero-order valence-electron chi connectivity index (χ0n) is 16.2. The smallest absolute Gasteiger partial charge is 0.295 e. The van der Waals surface area contributed by atoms with Crippen molar-refractivity contribution in [2.75, 3.05) is 26.9 Å². The van der Waals surface area contributed by atoms with Crippen molar-refractivity contribution in [3.63, 3.8) is 0 Å². The van der Waals surface area contributed by atoms with E-state index >= 15 is 0 Å². The number of ketones is 1. The average Bonchev–Trinajstić information content (AvgIpc) is 2.98. The first-order valence-electron chi connectivity index (χ1n) is 9.24. The number of halogens is 1. The van der Waals surface area contributed by atoms with Crippen LogP contribution in [0.4, 0.5) is 4.39 Å². The Hall–Kier alpha value is -3.19. The van der Waals surface area contributed by atoms with Gasteiger partial charge in [0.2, 0.25) is 0 Å². The molecule has 0 saturated carbocycles. The number of hydrogen-bond acceptors (Lipinski definition) is 5. The number of amides is 1. The van der Waals surface area contributed by atoms with Crippen LogP contribution in [0.3, 0.4) is 0 Å². The predicted molar refractivity (Wildman–Crippen MR) is 105 cm³/mol. The van der Waals surface area contributed by atoms with Crippen LogP contribution in [-0.2, 0) is 14.3 Å². The summed E-state index contributed by atoms with van der Waals surface area (Å²) in [4.78, 5) is 26.7. The van der Waals surface area contributed by atoms with Gasteiger partial charge in [-0.15, -0.1) is 0 Å². The minimum absolute atomic E-state index is 0.0399. The summed E-state index contributed by atoms with van der Waals surface area (Å²) in [5, 5.41) is 10.9. The fraction of sp³-hybridized carbons (Fsp3) is 0.273. The quantitative estimate of drug-likeness (QED) is 0.439. The molecule has 0 bridgehead atoms. The topological polar surface area (TPSA) is 76.1 Å². The van der Waals surface area contributed by atoms with Crippen LogP contribution in [0.2, 0.25) is 0 Å². The van der Waals surface area contributed by atoms with E-state index in [4.69, 9.17) is 9.47 Å². The third kappa shape index (κ3) is 4.14. The number of aliphatic hydroxyl groups excluding tert-OH is 1. The first kappa shape index (κ1) is 20.5. The number of ether oxygens (including phenoxy) is 2. The molecule has 1 heterocycles. The Bertz CT molecular complexity index is 921. The van der Waals surface area contributed by atoms with Crippen LogP contribution in [-0.4, -0.2) is 48.6 Å². The van der Waals surface area contributed by atoms with Crippen LogP contribution < -0.4 is 4.74 Å². The number of likely N-dealkylation sites (tertiary alicyclic amines) is 1. The number of rotatable bonds is 7. The van der Waals surface area contributed by atoms with Crippen molar-refractivity contribution in [1.29, 1.82) is 0 Å². The number of aliphatic hydroxyl groups is 1. The van der Waals surface area contributed by atoms with E-state index in [1.54, 1.807) is 24.3 Å². The Morgan fingerprint density at radius 3 is 2.34 bits per heavy atom. The molecule has 2 aromatic carbocycles. The lowest BCUT2D eigenvalue weighted by Crippen LogP contribution is -2.32. The van der Waals surface area contributed by atoms with Crippen molar-refractivity contribution >= 4 is 17.4 Å². The zero-order chi connectivity index (χ0) is 21.0. The summed E-state index contributed by atoms with van der Waals surface area (Å²) in [6.07, 6.45) is 0. The average molecular weight is 399 g/mol. The van der Waals surface area contributed by atoms with E-state index in [2.05, 4.69) is 0 Å². The van der Waals surface area contributed by atoms with Crippen molar-refractivity contribution in [2.45, 2.75) is 13.0 Å². The van der Waals surface area contributed by atoms with Gasteiger partial charge in [-0.25, -0.2) is 4.39 Å². The van der Waals surface area contributed by atoms with E-state index in [0.717, 1.165) is 0 Å². The summed E-state index contributed by atoms with van der Waals surface area (Å²) in [6, 6.07) is 11.2. The Balaban J connectivity index is 2.09. The highest BCUT2D eigenvalue weighted by Crippen LogP contribution is 2.39. The molecule has 3 rings (SSSR count). The maximum absolute atomic E-state index is 13.4. The molecule has 152 valence electrons. The number of nitrogens with zero attached hydrogens (tertiary/aromatic N) is 1. The van der Waals surface area contributed by atoms with Gasteiger partial charge in [0.25, 0.3) is 11.7 Å². The molecule has 0 radical (unpaired) electrons. The van der Waals surface area contributed by atoms with Crippen LogP contribution in [0, 0.1) is 5.82 Å². The highest BCUT2D eigenvalue weighted by Gasteiger charge is 2.45. The van der Waals surface area contributed by atoms with Gasteiger partial charge in [-0.05, 0) is 48.9 Å². The lowest BCUT2D eigenvalue weighted by Gasteiger charge is -2.25. The number of methoxy groups -OCH3 is 1.